The van der Waals surface area contributed by atoms with Crippen LogP contribution in [0.2, 0.25) is 0 Å². The Bertz CT molecular complexity index is 978. The maximum Gasteiger partial charge on any atom is 0.416 e. The van der Waals surface area contributed by atoms with Gasteiger partial charge in [-0.05, 0) is 42.3 Å². The number of carbonyl (C=O) groups is 2. The minimum absolute atomic E-state index is 0.199. The van der Waals surface area contributed by atoms with Crippen LogP contribution in [-0.4, -0.2) is 23.3 Å². The molecule has 0 aliphatic rings. The van der Waals surface area contributed by atoms with Crippen LogP contribution in [0.5, 0.6) is 0 Å². The molecule has 0 aliphatic carbocycles. The fraction of sp³-hybridized carbons (Fsp3) is 0.200. The first-order valence-corrected chi connectivity index (χ1v) is 8.62. The summed E-state index contributed by atoms with van der Waals surface area (Å²) in [5.41, 5.74) is 1.47. The van der Waals surface area contributed by atoms with E-state index in [4.69, 9.17) is 0 Å². The number of carbonyl (C=O) groups excluding carboxylic acids is 2. The maximum atomic E-state index is 12.5. The monoisotopic (exact) mass is 389 g/mol. The standard InChI is InChI=1S/C20H18F3N3O2/c21-20(22,23)14-5-7-15(8-6-14)26-19(28)11-18(27)24-10-9-13-12-25-17-4-2-1-3-16(13)17/h1-8,12,25H,9-11H2,(H,24,27)(H,26,28). The number of benzene rings is 2. The van der Waals surface area contributed by atoms with Crippen LogP contribution in [0.4, 0.5) is 18.9 Å². The van der Waals surface area contributed by atoms with Crippen molar-refractivity contribution in [3.05, 3.63) is 65.9 Å². The second kappa shape index (κ2) is 8.16. The van der Waals surface area contributed by atoms with E-state index in [1.807, 2.05) is 30.5 Å². The summed E-state index contributed by atoms with van der Waals surface area (Å²) in [6.45, 7) is 0.369. The van der Waals surface area contributed by atoms with E-state index >= 15 is 0 Å². The van der Waals surface area contributed by atoms with Crippen LogP contribution in [0, 0.1) is 0 Å². The van der Waals surface area contributed by atoms with Crippen LogP contribution < -0.4 is 10.6 Å². The number of anilines is 1. The molecule has 0 spiro atoms. The molecule has 0 saturated carbocycles. The second-order valence-electron chi connectivity index (χ2n) is 6.26. The molecule has 0 bridgehead atoms. The largest absolute Gasteiger partial charge is 0.416 e. The molecule has 146 valence electrons. The Labute approximate surface area is 158 Å². The Balaban J connectivity index is 1.45. The van der Waals surface area contributed by atoms with Crippen LogP contribution in [0.25, 0.3) is 10.9 Å². The number of para-hydroxylation sites is 1. The second-order valence-corrected chi connectivity index (χ2v) is 6.26. The normalized spacial score (nSPS) is 11.4. The van der Waals surface area contributed by atoms with Crippen molar-refractivity contribution in [2.45, 2.75) is 19.0 Å². The molecular weight excluding hydrogens is 371 g/mol. The molecule has 1 aromatic heterocycles. The summed E-state index contributed by atoms with van der Waals surface area (Å²) < 4.78 is 37.6. The molecule has 2 amide bonds. The van der Waals surface area contributed by atoms with E-state index in [0.717, 1.165) is 40.7 Å². The molecule has 1 heterocycles. The fourth-order valence-corrected chi connectivity index (χ4v) is 2.83. The van der Waals surface area contributed by atoms with Gasteiger partial charge >= 0.3 is 6.18 Å². The van der Waals surface area contributed by atoms with Crippen molar-refractivity contribution in [3.8, 4) is 0 Å². The highest BCUT2D eigenvalue weighted by Crippen LogP contribution is 2.29. The number of halogens is 3. The number of nitrogens with one attached hydrogen (secondary N) is 3. The van der Waals surface area contributed by atoms with Crippen molar-refractivity contribution in [3.63, 3.8) is 0 Å². The molecule has 0 saturated heterocycles. The lowest BCUT2D eigenvalue weighted by atomic mass is 10.1. The van der Waals surface area contributed by atoms with Gasteiger partial charge in [-0.25, -0.2) is 0 Å². The third-order valence-electron chi connectivity index (χ3n) is 4.21. The van der Waals surface area contributed by atoms with Gasteiger partial charge in [0.2, 0.25) is 11.8 Å². The Morgan fingerprint density at radius 3 is 2.39 bits per heavy atom. The summed E-state index contributed by atoms with van der Waals surface area (Å²) in [5, 5.41) is 6.16. The molecule has 3 rings (SSSR count). The number of hydrogen-bond acceptors (Lipinski definition) is 2. The smallest absolute Gasteiger partial charge is 0.361 e. The average molecular weight is 389 g/mol. The van der Waals surface area contributed by atoms with Crippen molar-refractivity contribution in [1.82, 2.24) is 10.3 Å². The Morgan fingerprint density at radius 1 is 0.964 bits per heavy atom. The van der Waals surface area contributed by atoms with Crippen molar-refractivity contribution in [1.29, 1.82) is 0 Å². The zero-order chi connectivity index (χ0) is 20.1. The molecule has 3 N–H and O–H groups in total. The Morgan fingerprint density at radius 2 is 1.68 bits per heavy atom. The van der Waals surface area contributed by atoms with Gasteiger partial charge in [0.15, 0.2) is 0 Å². The zero-order valence-corrected chi connectivity index (χ0v) is 14.8. The molecule has 28 heavy (non-hydrogen) atoms. The van der Waals surface area contributed by atoms with Crippen LogP contribution in [-0.2, 0) is 22.2 Å². The van der Waals surface area contributed by atoms with Gasteiger partial charge in [0.25, 0.3) is 0 Å². The summed E-state index contributed by atoms with van der Waals surface area (Å²) in [7, 11) is 0. The van der Waals surface area contributed by atoms with Gasteiger partial charge in [0.05, 0.1) is 5.56 Å². The lowest BCUT2D eigenvalue weighted by Crippen LogP contribution is -2.29. The fourth-order valence-electron chi connectivity index (χ4n) is 2.83. The summed E-state index contributed by atoms with van der Waals surface area (Å²) in [6.07, 6.45) is -2.35. The van der Waals surface area contributed by atoms with Crippen molar-refractivity contribution in [2.24, 2.45) is 0 Å². The molecule has 0 atom stereocenters. The predicted octanol–water partition coefficient (Wildman–Crippen LogP) is 3.87. The Hall–Kier alpha value is -3.29. The average Bonchev–Trinajstić information content (AvgIpc) is 3.04. The molecule has 0 radical (unpaired) electrons. The highest BCUT2D eigenvalue weighted by Gasteiger charge is 2.30. The summed E-state index contributed by atoms with van der Waals surface area (Å²) >= 11 is 0. The first-order valence-electron chi connectivity index (χ1n) is 8.62. The van der Waals surface area contributed by atoms with Gasteiger partial charge in [-0.1, -0.05) is 18.2 Å². The van der Waals surface area contributed by atoms with Crippen LogP contribution in [0.15, 0.2) is 54.7 Å². The number of hydrogen-bond donors (Lipinski definition) is 3. The zero-order valence-electron chi connectivity index (χ0n) is 14.8. The van der Waals surface area contributed by atoms with E-state index in [9.17, 15) is 22.8 Å². The van der Waals surface area contributed by atoms with Crippen LogP contribution in [0.1, 0.15) is 17.5 Å². The van der Waals surface area contributed by atoms with Gasteiger partial charge in [-0.3, -0.25) is 9.59 Å². The topological polar surface area (TPSA) is 74.0 Å². The molecule has 0 aliphatic heterocycles. The summed E-state index contributed by atoms with van der Waals surface area (Å²) in [4.78, 5) is 26.9. The van der Waals surface area contributed by atoms with E-state index in [1.165, 1.54) is 0 Å². The van der Waals surface area contributed by atoms with Crippen LogP contribution >= 0.6 is 0 Å². The quantitative estimate of drug-likeness (QED) is 0.560. The van der Waals surface area contributed by atoms with Gasteiger partial charge in [0.1, 0.15) is 6.42 Å². The number of fused-ring (bicyclic) bond motifs is 1. The SMILES string of the molecule is O=C(CC(=O)Nc1ccc(C(F)(F)F)cc1)NCCc1c[nH]c2ccccc12. The molecule has 5 nitrogen and oxygen atoms in total. The summed E-state index contributed by atoms with van der Waals surface area (Å²) in [6, 6.07) is 11.9. The molecule has 0 fully saturated rings. The number of amides is 2. The molecule has 2 aromatic carbocycles. The molecule has 3 aromatic rings. The van der Waals surface area contributed by atoms with Gasteiger partial charge in [0, 0.05) is 29.3 Å². The first kappa shape index (κ1) is 19.5. The highest BCUT2D eigenvalue weighted by atomic mass is 19.4. The van der Waals surface area contributed by atoms with E-state index in [-0.39, 0.29) is 5.69 Å². The van der Waals surface area contributed by atoms with E-state index in [2.05, 4.69) is 15.6 Å². The highest BCUT2D eigenvalue weighted by molar-refractivity contribution is 6.03. The maximum absolute atomic E-state index is 12.5. The molecule has 8 heteroatoms. The van der Waals surface area contributed by atoms with E-state index in [0.29, 0.717) is 13.0 Å². The van der Waals surface area contributed by atoms with E-state index < -0.39 is 30.0 Å². The third-order valence-corrected chi connectivity index (χ3v) is 4.21. The number of aromatic amines is 1. The minimum atomic E-state index is -4.44. The van der Waals surface area contributed by atoms with Crippen LogP contribution in [0.3, 0.4) is 0 Å². The number of rotatable bonds is 6. The predicted molar refractivity (Wildman–Crippen MR) is 99.7 cm³/mol. The lowest BCUT2D eigenvalue weighted by molar-refractivity contribution is -0.137. The Kier molecular flexibility index (Phi) is 5.67. The van der Waals surface area contributed by atoms with Gasteiger partial charge in [-0.2, -0.15) is 13.2 Å². The van der Waals surface area contributed by atoms with Gasteiger partial charge in [-0.15, -0.1) is 0 Å². The number of aromatic nitrogens is 1. The van der Waals surface area contributed by atoms with Crippen molar-refractivity contribution < 1.29 is 22.8 Å². The van der Waals surface area contributed by atoms with Crippen molar-refractivity contribution in [2.75, 3.05) is 11.9 Å². The lowest BCUT2D eigenvalue weighted by Gasteiger charge is -2.09. The number of alkyl halides is 3. The first-order chi connectivity index (χ1) is 13.3. The van der Waals surface area contributed by atoms with Gasteiger partial charge < -0.3 is 15.6 Å². The number of H-pyrrole nitrogens is 1. The van der Waals surface area contributed by atoms with E-state index in [1.54, 1.807) is 0 Å². The molecular formula is C20H18F3N3O2. The van der Waals surface area contributed by atoms with Crippen molar-refractivity contribution >= 4 is 28.4 Å². The minimum Gasteiger partial charge on any atom is -0.361 e. The third kappa shape index (κ3) is 4.91. The molecule has 0 unspecified atom stereocenters. The summed E-state index contributed by atoms with van der Waals surface area (Å²) in [5.74, 6) is -1.05.